The highest BCUT2D eigenvalue weighted by atomic mass is 16.5. The lowest BCUT2D eigenvalue weighted by Crippen LogP contribution is -2.22. The molecule has 2 N–H and O–H groups in total. The van der Waals surface area contributed by atoms with Gasteiger partial charge in [-0.15, -0.1) is 0 Å². The average molecular weight is 267 g/mol. The smallest absolute Gasteiger partial charge is 0.123 e. The summed E-state index contributed by atoms with van der Waals surface area (Å²) in [4.78, 5) is 0. The molecule has 104 valence electrons. The van der Waals surface area contributed by atoms with Gasteiger partial charge < -0.3 is 10.5 Å². The molecule has 2 aromatic carbocycles. The second-order valence-corrected chi connectivity index (χ2v) is 5.58. The van der Waals surface area contributed by atoms with Crippen LogP contribution in [-0.4, -0.2) is 12.6 Å². The summed E-state index contributed by atoms with van der Waals surface area (Å²) >= 11 is 0. The summed E-state index contributed by atoms with van der Waals surface area (Å²) in [7, 11) is 0. The Bertz CT molecular complexity index is 568. The topological polar surface area (TPSA) is 35.2 Å². The maximum absolute atomic E-state index is 6.05. The molecule has 3 rings (SSSR count). The van der Waals surface area contributed by atoms with Gasteiger partial charge in [0.25, 0.3) is 0 Å². The number of ether oxygens (including phenoxy) is 1. The van der Waals surface area contributed by atoms with E-state index in [1.54, 1.807) is 0 Å². The minimum atomic E-state index is 0.251. The molecular formula is C18H21NO. The van der Waals surface area contributed by atoms with E-state index in [0.29, 0.717) is 12.5 Å². The van der Waals surface area contributed by atoms with Crippen molar-refractivity contribution >= 4 is 0 Å². The molecule has 0 amide bonds. The summed E-state index contributed by atoms with van der Waals surface area (Å²) in [5.74, 6) is 1.41. The molecule has 0 saturated heterocycles. The summed E-state index contributed by atoms with van der Waals surface area (Å²) in [6, 6.07) is 16.8. The maximum atomic E-state index is 6.05. The molecule has 1 aliphatic rings. The number of benzene rings is 2. The largest absolute Gasteiger partial charge is 0.490 e. The highest BCUT2D eigenvalue weighted by molar-refractivity contribution is 5.37. The summed E-state index contributed by atoms with van der Waals surface area (Å²) in [6.45, 7) is 2.82. The standard InChI is InChI=1S/C18H21NO/c1-13-6-2-4-8-17(13)15(12-19)11-16-10-14-7-3-5-9-18(14)20-16/h2-9,15-16H,10-12,19H2,1H3. The molecule has 0 saturated carbocycles. The number of hydrogen-bond donors (Lipinski definition) is 1. The van der Waals surface area contributed by atoms with Crippen molar-refractivity contribution in [1.29, 1.82) is 0 Å². The highest BCUT2D eigenvalue weighted by Gasteiger charge is 2.26. The Morgan fingerprint density at radius 3 is 2.65 bits per heavy atom. The fourth-order valence-electron chi connectivity index (χ4n) is 3.10. The fourth-order valence-corrected chi connectivity index (χ4v) is 3.10. The van der Waals surface area contributed by atoms with E-state index < -0.39 is 0 Å². The second kappa shape index (κ2) is 5.68. The Hall–Kier alpha value is -1.80. The zero-order valence-corrected chi connectivity index (χ0v) is 11.9. The average Bonchev–Trinajstić information content (AvgIpc) is 2.88. The lowest BCUT2D eigenvalue weighted by Gasteiger charge is -2.21. The van der Waals surface area contributed by atoms with Gasteiger partial charge in [0.1, 0.15) is 11.9 Å². The first-order valence-electron chi connectivity index (χ1n) is 7.28. The van der Waals surface area contributed by atoms with Crippen LogP contribution in [0.5, 0.6) is 5.75 Å². The molecular weight excluding hydrogens is 246 g/mol. The first-order valence-corrected chi connectivity index (χ1v) is 7.28. The molecule has 20 heavy (non-hydrogen) atoms. The van der Waals surface area contributed by atoms with Crippen LogP contribution < -0.4 is 10.5 Å². The number of aryl methyl sites for hydroxylation is 1. The van der Waals surface area contributed by atoms with Crippen molar-refractivity contribution < 1.29 is 4.74 Å². The third-order valence-electron chi connectivity index (χ3n) is 4.17. The van der Waals surface area contributed by atoms with Gasteiger partial charge in [-0.3, -0.25) is 0 Å². The molecule has 2 aromatic rings. The molecule has 1 aliphatic heterocycles. The van der Waals surface area contributed by atoms with Crippen molar-refractivity contribution in [2.24, 2.45) is 5.73 Å². The second-order valence-electron chi connectivity index (χ2n) is 5.58. The molecule has 0 spiro atoms. The third kappa shape index (κ3) is 2.56. The van der Waals surface area contributed by atoms with Crippen LogP contribution in [0.25, 0.3) is 0 Å². The van der Waals surface area contributed by atoms with Gasteiger partial charge >= 0.3 is 0 Å². The summed E-state index contributed by atoms with van der Waals surface area (Å²) in [5, 5.41) is 0. The first kappa shape index (κ1) is 13.2. The zero-order valence-electron chi connectivity index (χ0n) is 11.9. The van der Waals surface area contributed by atoms with E-state index in [9.17, 15) is 0 Å². The van der Waals surface area contributed by atoms with Crippen molar-refractivity contribution in [3.8, 4) is 5.75 Å². The number of fused-ring (bicyclic) bond motifs is 1. The van der Waals surface area contributed by atoms with E-state index in [2.05, 4.69) is 49.4 Å². The molecule has 2 heteroatoms. The van der Waals surface area contributed by atoms with Gasteiger partial charge in [-0.25, -0.2) is 0 Å². The predicted octanol–water partition coefficient (Wildman–Crippen LogP) is 3.43. The van der Waals surface area contributed by atoms with Crippen LogP contribution >= 0.6 is 0 Å². The Kier molecular flexibility index (Phi) is 3.75. The van der Waals surface area contributed by atoms with Crippen LogP contribution in [0.15, 0.2) is 48.5 Å². The highest BCUT2D eigenvalue weighted by Crippen LogP contribution is 2.33. The van der Waals surface area contributed by atoms with Crippen LogP contribution in [0.4, 0.5) is 0 Å². The third-order valence-corrected chi connectivity index (χ3v) is 4.17. The zero-order chi connectivity index (χ0) is 13.9. The first-order chi connectivity index (χ1) is 9.78. The van der Waals surface area contributed by atoms with Crippen molar-refractivity contribution in [2.75, 3.05) is 6.54 Å². The Balaban J connectivity index is 1.73. The Morgan fingerprint density at radius 1 is 1.15 bits per heavy atom. The minimum Gasteiger partial charge on any atom is -0.490 e. The van der Waals surface area contributed by atoms with E-state index in [4.69, 9.17) is 10.5 Å². The molecule has 0 aromatic heterocycles. The quantitative estimate of drug-likeness (QED) is 0.921. The van der Waals surface area contributed by atoms with Crippen LogP contribution in [0.1, 0.15) is 29.0 Å². The van der Waals surface area contributed by atoms with Crippen molar-refractivity contribution in [3.63, 3.8) is 0 Å². The molecule has 2 unspecified atom stereocenters. The van der Waals surface area contributed by atoms with Gasteiger partial charge in [0.15, 0.2) is 0 Å². The van der Waals surface area contributed by atoms with Gasteiger partial charge in [0.2, 0.25) is 0 Å². The molecule has 0 radical (unpaired) electrons. The molecule has 1 heterocycles. The Labute approximate surface area is 120 Å². The van der Waals surface area contributed by atoms with Gasteiger partial charge in [-0.1, -0.05) is 42.5 Å². The van der Waals surface area contributed by atoms with Crippen LogP contribution in [-0.2, 0) is 6.42 Å². The molecule has 0 fully saturated rings. The van der Waals surface area contributed by atoms with Crippen LogP contribution in [0, 0.1) is 6.92 Å². The lowest BCUT2D eigenvalue weighted by molar-refractivity contribution is 0.210. The number of hydrogen-bond acceptors (Lipinski definition) is 2. The van der Waals surface area contributed by atoms with E-state index in [0.717, 1.165) is 18.6 Å². The Morgan fingerprint density at radius 2 is 1.90 bits per heavy atom. The summed E-state index contributed by atoms with van der Waals surface area (Å²) in [6.07, 6.45) is 2.23. The normalized spacial score (nSPS) is 18.4. The molecule has 2 atom stereocenters. The van der Waals surface area contributed by atoms with Gasteiger partial charge in [-0.05, 0) is 48.6 Å². The number of para-hydroxylation sites is 1. The molecule has 0 aliphatic carbocycles. The molecule has 0 bridgehead atoms. The van der Waals surface area contributed by atoms with Gasteiger partial charge in [0.05, 0.1) is 0 Å². The predicted molar refractivity (Wildman–Crippen MR) is 82.2 cm³/mol. The minimum absolute atomic E-state index is 0.251. The van der Waals surface area contributed by atoms with E-state index in [1.807, 2.05) is 6.07 Å². The van der Waals surface area contributed by atoms with Crippen LogP contribution in [0.3, 0.4) is 0 Å². The lowest BCUT2D eigenvalue weighted by atomic mass is 9.89. The van der Waals surface area contributed by atoms with Crippen molar-refractivity contribution in [3.05, 3.63) is 65.2 Å². The van der Waals surface area contributed by atoms with Crippen molar-refractivity contribution in [1.82, 2.24) is 0 Å². The number of nitrogens with two attached hydrogens (primary N) is 1. The fraction of sp³-hybridized carbons (Fsp3) is 0.333. The maximum Gasteiger partial charge on any atom is 0.123 e. The van der Waals surface area contributed by atoms with Crippen molar-refractivity contribution in [2.45, 2.75) is 31.8 Å². The summed E-state index contributed by atoms with van der Waals surface area (Å²) < 4.78 is 6.05. The monoisotopic (exact) mass is 267 g/mol. The van der Waals surface area contributed by atoms with E-state index >= 15 is 0 Å². The van der Waals surface area contributed by atoms with E-state index in [-0.39, 0.29) is 6.10 Å². The van der Waals surface area contributed by atoms with Gasteiger partial charge in [0, 0.05) is 6.42 Å². The van der Waals surface area contributed by atoms with E-state index in [1.165, 1.54) is 16.7 Å². The SMILES string of the molecule is Cc1ccccc1C(CN)CC1Cc2ccccc2O1. The summed E-state index contributed by atoms with van der Waals surface area (Å²) in [5.41, 5.74) is 9.99. The molecule has 2 nitrogen and oxygen atoms in total. The van der Waals surface area contributed by atoms with Crippen LogP contribution in [0.2, 0.25) is 0 Å². The number of rotatable bonds is 4. The van der Waals surface area contributed by atoms with Gasteiger partial charge in [-0.2, -0.15) is 0 Å².